The largest absolute Gasteiger partial charge is 0.324 e. The molecule has 1 fully saturated rings. The van der Waals surface area contributed by atoms with Crippen molar-refractivity contribution in [1.29, 1.82) is 0 Å². The summed E-state index contributed by atoms with van der Waals surface area (Å²) < 4.78 is 0.945. The number of rotatable bonds is 2. The molecular formula is C14H19BrClN. The highest BCUT2D eigenvalue weighted by Gasteiger charge is 2.21. The summed E-state index contributed by atoms with van der Waals surface area (Å²) in [4.78, 5) is 0. The smallest absolute Gasteiger partial charge is 0.0548 e. The van der Waals surface area contributed by atoms with Crippen LogP contribution >= 0.6 is 27.5 Å². The summed E-state index contributed by atoms with van der Waals surface area (Å²) >= 11 is 9.48. The molecule has 0 spiro atoms. The van der Waals surface area contributed by atoms with Crippen LogP contribution in [-0.2, 0) is 0 Å². The zero-order valence-corrected chi connectivity index (χ0v) is 12.3. The van der Waals surface area contributed by atoms with E-state index in [4.69, 9.17) is 17.3 Å². The predicted molar refractivity (Wildman–Crippen MR) is 77.3 cm³/mol. The second-order valence-corrected chi connectivity index (χ2v) is 6.21. The van der Waals surface area contributed by atoms with E-state index in [0.29, 0.717) is 5.92 Å². The fraction of sp³-hybridized carbons (Fsp3) is 0.571. The van der Waals surface area contributed by atoms with E-state index in [2.05, 4.69) is 28.1 Å². The molecule has 1 aromatic rings. The molecular weight excluding hydrogens is 298 g/mol. The minimum Gasteiger partial charge on any atom is -0.324 e. The highest BCUT2D eigenvalue weighted by Crippen LogP contribution is 2.34. The Bertz CT molecular complexity index is 372. The molecule has 1 unspecified atom stereocenters. The molecule has 1 atom stereocenters. The standard InChI is InChI=1S/C14H19BrClN/c15-12-9-11(7-8-13(12)16)14(17)10-5-3-1-2-4-6-10/h7-10,14H,1-6,17H2. The number of benzene rings is 1. The van der Waals surface area contributed by atoms with Gasteiger partial charge in [0.2, 0.25) is 0 Å². The predicted octanol–water partition coefficient (Wildman–Crippen LogP) is 5.07. The summed E-state index contributed by atoms with van der Waals surface area (Å²) in [5.74, 6) is 0.630. The lowest BCUT2D eigenvalue weighted by Gasteiger charge is -2.23. The SMILES string of the molecule is NC(c1ccc(Cl)c(Br)c1)C1CCCCCC1. The summed E-state index contributed by atoms with van der Waals surface area (Å²) in [5, 5.41) is 0.752. The van der Waals surface area contributed by atoms with Gasteiger partial charge in [-0.2, -0.15) is 0 Å². The monoisotopic (exact) mass is 315 g/mol. The Balaban J connectivity index is 2.11. The van der Waals surface area contributed by atoms with Crippen LogP contribution in [0.3, 0.4) is 0 Å². The highest BCUT2D eigenvalue weighted by molar-refractivity contribution is 9.10. The molecule has 2 N–H and O–H groups in total. The van der Waals surface area contributed by atoms with Crippen LogP contribution in [0.25, 0.3) is 0 Å². The number of nitrogens with two attached hydrogens (primary N) is 1. The van der Waals surface area contributed by atoms with E-state index in [0.717, 1.165) is 9.50 Å². The van der Waals surface area contributed by atoms with Crippen molar-refractivity contribution in [2.75, 3.05) is 0 Å². The molecule has 0 aliphatic heterocycles. The van der Waals surface area contributed by atoms with Crippen molar-refractivity contribution >= 4 is 27.5 Å². The van der Waals surface area contributed by atoms with Crippen molar-refractivity contribution in [2.45, 2.75) is 44.6 Å². The van der Waals surface area contributed by atoms with Gasteiger partial charge in [-0.05, 0) is 52.4 Å². The number of hydrogen-bond acceptors (Lipinski definition) is 1. The van der Waals surface area contributed by atoms with E-state index in [1.54, 1.807) is 0 Å². The zero-order chi connectivity index (χ0) is 12.3. The van der Waals surface area contributed by atoms with Crippen molar-refractivity contribution in [3.63, 3.8) is 0 Å². The molecule has 0 aromatic heterocycles. The summed E-state index contributed by atoms with van der Waals surface area (Å²) in [6.07, 6.45) is 7.92. The maximum absolute atomic E-state index is 6.39. The van der Waals surface area contributed by atoms with Crippen LogP contribution in [-0.4, -0.2) is 0 Å². The second kappa shape index (κ2) is 6.21. The Morgan fingerprint density at radius 3 is 2.41 bits per heavy atom. The third-order valence-electron chi connectivity index (χ3n) is 3.74. The third-order valence-corrected chi connectivity index (χ3v) is 4.95. The van der Waals surface area contributed by atoms with Crippen LogP contribution in [0, 0.1) is 5.92 Å². The van der Waals surface area contributed by atoms with Crippen molar-refractivity contribution in [1.82, 2.24) is 0 Å². The Labute approximate surface area is 117 Å². The maximum atomic E-state index is 6.39. The number of halogens is 2. The van der Waals surface area contributed by atoms with Crippen LogP contribution in [0.2, 0.25) is 5.02 Å². The van der Waals surface area contributed by atoms with Gasteiger partial charge in [0, 0.05) is 10.5 Å². The minimum absolute atomic E-state index is 0.154. The van der Waals surface area contributed by atoms with Crippen LogP contribution < -0.4 is 5.73 Å². The van der Waals surface area contributed by atoms with Gasteiger partial charge in [-0.1, -0.05) is 43.4 Å². The van der Waals surface area contributed by atoms with E-state index in [-0.39, 0.29) is 6.04 Å². The molecule has 0 amide bonds. The van der Waals surface area contributed by atoms with E-state index in [9.17, 15) is 0 Å². The van der Waals surface area contributed by atoms with Gasteiger partial charge in [0.25, 0.3) is 0 Å². The van der Waals surface area contributed by atoms with Crippen LogP contribution in [0.4, 0.5) is 0 Å². The lowest BCUT2D eigenvalue weighted by molar-refractivity contribution is 0.382. The van der Waals surface area contributed by atoms with Crippen molar-refractivity contribution in [2.24, 2.45) is 11.7 Å². The Morgan fingerprint density at radius 1 is 1.18 bits per heavy atom. The summed E-state index contributed by atoms with van der Waals surface area (Å²) in [6.45, 7) is 0. The normalized spacial score (nSPS) is 19.9. The summed E-state index contributed by atoms with van der Waals surface area (Å²) in [5.41, 5.74) is 7.60. The van der Waals surface area contributed by atoms with Gasteiger partial charge in [0.1, 0.15) is 0 Å². The summed E-state index contributed by atoms with van der Waals surface area (Å²) in [6, 6.07) is 6.21. The van der Waals surface area contributed by atoms with Crippen LogP contribution in [0.15, 0.2) is 22.7 Å². The molecule has 0 bridgehead atoms. The van der Waals surface area contributed by atoms with Crippen molar-refractivity contribution < 1.29 is 0 Å². The van der Waals surface area contributed by atoms with Crippen LogP contribution in [0.5, 0.6) is 0 Å². The molecule has 0 heterocycles. The van der Waals surface area contributed by atoms with Gasteiger partial charge in [0.15, 0.2) is 0 Å². The number of hydrogen-bond donors (Lipinski definition) is 1. The molecule has 17 heavy (non-hydrogen) atoms. The fourth-order valence-electron chi connectivity index (χ4n) is 2.66. The Morgan fingerprint density at radius 2 is 1.82 bits per heavy atom. The Hall–Kier alpha value is -0.0500. The fourth-order valence-corrected chi connectivity index (χ4v) is 3.18. The van der Waals surface area contributed by atoms with Gasteiger partial charge in [-0.15, -0.1) is 0 Å². The molecule has 2 rings (SSSR count). The molecule has 1 aromatic carbocycles. The van der Waals surface area contributed by atoms with Crippen molar-refractivity contribution in [3.05, 3.63) is 33.3 Å². The van der Waals surface area contributed by atoms with Gasteiger partial charge in [0.05, 0.1) is 5.02 Å². The molecule has 1 saturated carbocycles. The first kappa shape index (κ1) is 13.4. The highest BCUT2D eigenvalue weighted by atomic mass is 79.9. The maximum Gasteiger partial charge on any atom is 0.0548 e. The van der Waals surface area contributed by atoms with Crippen molar-refractivity contribution in [3.8, 4) is 0 Å². The molecule has 94 valence electrons. The molecule has 1 nitrogen and oxygen atoms in total. The summed E-state index contributed by atoms with van der Waals surface area (Å²) in [7, 11) is 0. The zero-order valence-electron chi connectivity index (χ0n) is 9.96. The molecule has 0 radical (unpaired) electrons. The van der Waals surface area contributed by atoms with E-state index in [1.165, 1.54) is 44.1 Å². The molecule has 3 heteroatoms. The lowest BCUT2D eigenvalue weighted by atomic mass is 9.88. The first-order valence-corrected chi connectivity index (χ1v) is 7.56. The van der Waals surface area contributed by atoms with E-state index in [1.807, 2.05) is 6.07 Å². The third kappa shape index (κ3) is 3.46. The average Bonchev–Trinajstić information content (AvgIpc) is 2.60. The van der Waals surface area contributed by atoms with Crippen LogP contribution in [0.1, 0.15) is 50.1 Å². The van der Waals surface area contributed by atoms with E-state index < -0.39 is 0 Å². The molecule has 1 aliphatic carbocycles. The topological polar surface area (TPSA) is 26.0 Å². The second-order valence-electron chi connectivity index (χ2n) is 4.95. The lowest BCUT2D eigenvalue weighted by Crippen LogP contribution is -2.21. The quantitative estimate of drug-likeness (QED) is 0.757. The first-order chi connectivity index (χ1) is 8.18. The Kier molecular flexibility index (Phi) is 4.89. The van der Waals surface area contributed by atoms with Gasteiger partial charge in [-0.3, -0.25) is 0 Å². The molecule has 0 saturated heterocycles. The van der Waals surface area contributed by atoms with Gasteiger partial charge >= 0.3 is 0 Å². The van der Waals surface area contributed by atoms with Gasteiger partial charge < -0.3 is 5.73 Å². The average molecular weight is 317 g/mol. The van der Waals surface area contributed by atoms with E-state index >= 15 is 0 Å². The molecule has 1 aliphatic rings. The minimum atomic E-state index is 0.154. The first-order valence-electron chi connectivity index (χ1n) is 6.39. The van der Waals surface area contributed by atoms with Gasteiger partial charge in [-0.25, -0.2) is 0 Å².